The van der Waals surface area contributed by atoms with Gasteiger partial charge in [-0.15, -0.1) is 11.3 Å². The molecule has 0 aromatic carbocycles. The number of fused-ring (bicyclic) bond motifs is 1. The number of carbonyl (C=O) groups excluding carboxylic acids is 1. The predicted molar refractivity (Wildman–Crippen MR) is 97.7 cm³/mol. The molecule has 4 heterocycles. The SMILES string of the molecule is Cc1ccsc1CN1C[C@H]2[C@H](CNC(=O)c3ccsc3)CO[C@H]2C1. The number of amides is 1. The lowest BCUT2D eigenvalue weighted by atomic mass is 9.93. The first-order valence-electron chi connectivity index (χ1n) is 8.38. The first kappa shape index (κ1) is 16.3. The normalized spacial score (nSPS) is 26.6. The van der Waals surface area contributed by atoms with Crippen molar-refractivity contribution in [1.29, 1.82) is 0 Å². The number of carbonyl (C=O) groups is 1. The molecule has 0 bridgehead atoms. The molecule has 0 aliphatic carbocycles. The highest BCUT2D eigenvalue weighted by molar-refractivity contribution is 7.10. The Labute approximate surface area is 150 Å². The van der Waals surface area contributed by atoms with Gasteiger partial charge in [0.1, 0.15) is 0 Å². The summed E-state index contributed by atoms with van der Waals surface area (Å²) in [6.45, 7) is 6.76. The van der Waals surface area contributed by atoms with E-state index in [1.807, 2.05) is 28.2 Å². The highest BCUT2D eigenvalue weighted by atomic mass is 32.1. The van der Waals surface area contributed by atoms with E-state index in [2.05, 4.69) is 28.6 Å². The minimum absolute atomic E-state index is 0.0313. The fraction of sp³-hybridized carbons (Fsp3) is 0.500. The summed E-state index contributed by atoms with van der Waals surface area (Å²) in [5.41, 5.74) is 2.15. The number of ether oxygens (including phenoxy) is 1. The predicted octanol–water partition coefficient (Wildman–Crippen LogP) is 2.99. The van der Waals surface area contributed by atoms with Crippen LogP contribution >= 0.6 is 22.7 Å². The van der Waals surface area contributed by atoms with Crippen LogP contribution in [0.2, 0.25) is 0 Å². The first-order chi connectivity index (χ1) is 11.7. The van der Waals surface area contributed by atoms with Gasteiger partial charge in [0.2, 0.25) is 0 Å². The summed E-state index contributed by atoms with van der Waals surface area (Å²) in [7, 11) is 0. The van der Waals surface area contributed by atoms with Gasteiger partial charge in [-0.1, -0.05) is 0 Å². The van der Waals surface area contributed by atoms with E-state index in [4.69, 9.17) is 4.74 Å². The Bertz CT molecular complexity index is 698. The largest absolute Gasteiger partial charge is 0.376 e. The first-order valence-corrected chi connectivity index (χ1v) is 10.2. The van der Waals surface area contributed by atoms with Crippen molar-refractivity contribution >= 4 is 28.6 Å². The fourth-order valence-corrected chi connectivity index (χ4v) is 5.29. The monoisotopic (exact) mass is 362 g/mol. The summed E-state index contributed by atoms with van der Waals surface area (Å²) in [6, 6.07) is 4.06. The molecule has 128 valence electrons. The Morgan fingerprint density at radius 1 is 1.38 bits per heavy atom. The molecule has 4 rings (SSSR count). The summed E-state index contributed by atoms with van der Waals surface area (Å²) in [5.74, 6) is 0.990. The Kier molecular flexibility index (Phi) is 4.72. The molecule has 2 aliphatic heterocycles. The number of aryl methyl sites for hydroxylation is 1. The molecule has 2 aromatic rings. The molecule has 2 fully saturated rings. The van der Waals surface area contributed by atoms with Gasteiger partial charge in [-0.3, -0.25) is 9.69 Å². The molecule has 1 N–H and O–H groups in total. The van der Waals surface area contributed by atoms with Gasteiger partial charge in [0, 0.05) is 53.8 Å². The van der Waals surface area contributed by atoms with Crippen LogP contribution in [0.3, 0.4) is 0 Å². The number of rotatable bonds is 5. The van der Waals surface area contributed by atoms with Crippen molar-refractivity contribution in [1.82, 2.24) is 10.2 Å². The molecule has 2 aliphatic rings. The van der Waals surface area contributed by atoms with Crippen LogP contribution in [0.5, 0.6) is 0 Å². The zero-order chi connectivity index (χ0) is 16.5. The number of likely N-dealkylation sites (tertiary alicyclic amines) is 1. The van der Waals surface area contributed by atoms with Crippen LogP contribution in [0.25, 0.3) is 0 Å². The van der Waals surface area contributed by atoms with E-state index in [0.29, 0.717) is 24.5 Å². The molecule has 2 aromatic heterocycles. The van der Waals surface area contributed by atoms with E-state index in [9.17, 15) is 4.79 Å². The van der Waals surface area contributed by atoms with Crippen LogP contribution in [0.1, 0.15) is 20.8 Å². The second-order valence-corrected chi connectivity index (χ2v) is 8.52. The Morgan fingerprint density at radius 3 is 3.04 bits per heavy atom. The van der Waals surface area contributed by atoms with E-state index in [1.54, 1.807) is 11.3 Å². The van der Waals surface area contributed by atoms with Gasteiger partial charge in [-0.2, -0.15) is 11.3 Å². The third kappa shape index (κ3) is 3.28. The van der Waals surface area contributed by atoms with Crippen LogP contribution in [0.15, 0.2) is 28.3 Å². The Morgan fingerprint density at radius 2 is 2.29 bits per heavy atom. The third-order valence-corrected chi connectivity index (χ3v) is 6.85. The summed E-state index contributed by atoms with van der Waals surface area (Å²) in [4.78, 5) is 16.1. The maximum atomic E-state index is 12.1. The number of thiophene rings is 2. The third-order valence-electron chi connectivity index (χ3n) is 5.16. The zero-order valence-corrected chi connectivity index (χ0v) is 15.4. The highest BCUT2D eigenvalue weighted by Gasteiger charge is 2.43. The maximum absolute atomic E-state index is 12.1. The molecule has 0 spiro atoms. The fourth-order valence-electron chi connectivity index (χ4n) is 3.71. The van der Waals surface area contributed by atoms with Crippen molar-refractivity contribution in [3.63, 3.8) is 0 Å². The van der Waals surface area contributed by atoms with Crippen molar-refractivity contribution in [2.75, 3.05) is 26.2 Å². The van der Waals surface area contributed by atoms with Crippen LogP contribution in [0.4, 0.5) is 0 Å². The van der Waals surface area contributed by atoms with Crippen molar-refractivity contribution in [2.24, 2.45) is 11.8 Å². The standard InChI is InChI=1S/C18H22N2O2S2/c1-12-2-5-24-17(12)9-20-7-15-14(10-22-16(15)8-20)6-19-18(21)13-3-4-23-11-13/h2-5,11,14-16H,6-10H2,1H3,(H,19,21)/t14-,15+,16+/m1/s1. The molecule has 6 heteroatoms. The van der Waals surface area contributed by atoms with Crippen molar-refractivity contribution < 1.29 is 9.53 Å². The number of hydrogen-bond donors (Lipinski definition) is 1. The molecule has 0 saturated carbocycles. The molecule has 24 heavy (non-hydrogen) atoms. The topological polar surface area (TPSA) is 41.6 Å². The van der Waals surface area contributed by atoms with Gasteiger partial charge < -0.3 is 10.1 Å². The van der Waals surface area contributed by atoms with E-state index in [0.717, 1.165) is 31.8 Å². The van der Waals surface area contributed by atoms with Gasteiger partial charge in [0.15, 0.2) is 0 Å². The van der Waals surface area contributed by atoms with E-state index in [-0.39, 0.29) is 5.91 Å². The van der Waals surface area contributed by atoms with Crippen molar-refractivity contribution in [3.05, 3.63) is 44.3 Å². The van der Waals surface area contributed by atoms with Gasteiger partial charge in [0.05, 0.1) is 12.7 Å². The molecule has 2 saturated heterocycles. The van der Waals surface area contributed by atoms with Crippen LogP contribution < -0.4 is 5.32 Å². The molecule has 4 nitrogen and oxygen atoms in total. The van der Waals surface area contributed by atoms with Crippen LogP contribution in [-0.2, 0) is 11.3 Å². The Hall–Kier alpha value is -1.21. The average molecular weight is 363 g/mol. The zero-order valence-electron chi connectivity index (χ0n) is 13.7. The van der Waals surface area contributed by atoms with Crippen LogP contribution in [-0.4, -0.2) is 43.2 Å². The van der Waals surface area contributed by atoms with Gasteiger partial charge in [0.25, 0.3) is 5.91 Å². The lowest BCUT2D eigenvalue weighted by Crippen LogP contribution is -2.34. The lowest BCUT2D eigenvalue weighted by Gasteiger charge is -2.19. The highest BCUT2D eigenvalue weighted by Crippen LogP contribution is 2.34. The second kappa shape index (κ2) is 6.96. The number of hydrogen-bond acceptors (Lipinski definition) is 5. The summed E-state index contributed by atoms with van der Waals surface area (Å²) in [5, 5.41) is 9.08. The summed E-state index contributed by atoms with van der Waals surface area (Å²) in [6.07, 6.45) is 0.327. The summed E-state index contributed by atoms with van der Waals surface area (Å²) >= 11 is 3.39. The van der Waals surface area contributed by atoms with E-state index >= 15 is 0 Å². The minimum Gasteiger partial charge on any atom is -0.376 e. The molecule has 0 radical (unpaired) electrons. The molecule has 1 amide bonds. The smallest absolute Gasteiger partial charge is 0.252 e. The average Bonchev–Trinajstić information content (AvgIpc) is 3.32. The van der Waals surface area contributed by atoms with Crippen molar-refractivity contribution in [3.8, 4) is 0 Å². The molecular formula is C18H22N2O2S2. The second-order valence-electron chi connectivity index (χ2n) is 6.74. The van der Waals surface area contributed by atoms with Crippen LogP contribution in [0, 0.1) is 18.8 Å². The maximum Gasteiger partial charge on any atom is 0.252 e. The molecule has 0 unspecified atom stereocenters. The number of nitrogens with one attached hydrogen (secondary N) is 1. The lowest BCUT2D eigenvalue weighted by molar-refractivity contribution is 0.0904. The molecular weight excluding hydrogens is 340 g/mol. The number of nitrogens with zero attached hydrogens (tertiary/aromatic N) is 1. The van der Waals surface area contributed by atoms with E-state index < -0.39 is 0 Å². The van der Waals surface area contributed by atoms with Gasteiger partial charge in [-0.05, 0) is 35.4 Å². The van der Waals surface area contributed by atoms with Crippen molar-refractivity contribution in [2.45, 2.75) is 19.6 Å². The Balaban J connectivity index is 1.31. The minimum atomic E-state index is 0.0313. The summed E-state index contributed by atoms with van der Waals surface area (Å²) < 4.78 is 6.00. The van der Waals surface area contributed by atoms with E-state index in [1.165, 1.54) is 10.4 Å². The quantitative estimate of drug-likeness (QED) is 0.889. The van der Waals surface area contributed by atoms with Gasteiger partial charge in [-0.25, -0.2) is 0 Å². The van der Waals surface area contributed by atoms with Gasteiger partial charge >= 0.3 is 0 Å². The molecule has 3 atom stereocenters.